The zero-order valence-corrected chi connectivity index (χ0v) is 11.2. The van der Waals surface area contributed by atoms with Crippen molar-refractivity contribution in [2.45, 2.75) is 13.0 Å². The zero-order chi connectivity index (χ0) is 13.9. The van der Waals surface area contributed by atoms with Gasteiger partial charge in [-0.15, -0.1) is 0 Å². The van der Waals surface area contributed by atoms with Crippen LogP contribution in [-0.4, -0.2) is 44.4 Å². The summed E-state index contributed by atoms with van der Waals surface area (Å²) in [5.74, 6) is -0.180. The zero-order valence-electron chi connectivity index (χ0n) is 11.2. The molecule has 0 atom stereocenters. The number of hydrogen-bond acceptors (Lipinski definition) is 5. The lowest BCUT2D eigenvalue weighted by atomic mass is 10.2. The maximum Gasteiger partial charge on any atom is 0.269 e. The maximum absolute atomic E-state index is 11.7. The van der Waals surface area contributed by atoms with Crippen molar-refractivity contribution in [1.82, 2.24) is 10.3 Å². The standard InChI is InChI=1S/C13H21N3O3/c1-18-7-8-19-6-2-5-15-13(17)12-4-3-11(9-14)10-16-12/h3-4,10H,2,5-9,14H2,1H3,(H,15,17). The lowest BCUT2D eigenvalue weighted by Gasteiger charge is -2.06. The van der Waals surface area contributed by atoms with E-state index in [1.54, 1.807) is 25.4 Å². The SMILES string of the molecule is COCCOCCCNC(=O)c1ccc(CN)cn1. The van der Waals surface area contributed by atoms with Gasteiger partial charge >= 0.3 is 0 Å². The number of rotatable bonds is 9. The average Bonchev–Trinajstić information content (AvgIpc) is 2.46. The van der Waals surface area contributed by atoms with Crippen molar-refractivity contribution in [2.24, 2.45) is 5.73 Å². The molecule has 0 saturated heterocycles. The molecule has 0 aliphatic rings. The van der Waals surface area contributed by atoms with Crippen LogP contribution in [0.15, 0.2) is 18.3 Å². The normalized spacial score (nSPS) is 10.4. The van der Waals surface area contributed by atoms with E-state index in [1.807, 2.05) is 0 Å². The first kappa shape index (κ1) is 15.6. The molecule has 0 aliphatic heterocycles. The van der Waals surface area contributed by atoms with Gasteiger partial charge in [0, 0.05) is 33.0 Å². The molecule has 19 heavy (non-hydrogen) atoms. The molecule has 6 heteroatoms. The molecule has 0 spiro atoms. The van der Waals surface area contributed by atoms with Gasteiger partial charge in [0.05, 0.1) is 13.2 Å². The van der Waals surface area contributed by atoms with Crippen LogP contribution in [0.5, 0.6) is 0 Å². The van der Waals surface area contributed by atoms with Crippen LogP contribution in [0.2, 0.25) is 0 Å². The first-order valence-electron chi connectivity index (χ1n) is 6.27. The minimum absolute atomic E-state index is 0.180. The van der Waals surface area contributed by atoms with Crippen LogP contribution >= 0.6 is 0 Å². The summed E-state index contributed by atoms with van der Waals surface area (Å²) in [7, 11) is 1.63. The summed E-state index contributed by atoms with van der Waals surface area (Å²) >= 11 is 0. The highest BCUT2D eigenvalue weighted by atomic mass is 16.5. The minimum atomic E-state index is -0.180. The summed E-state index contributed by atoms with van der Waals surface area (Å²) in [4.78, 5) is 15.8. The Labute approximate surface area is 113 Å². The van der Waals surface area contributed by atoms with E-state index in [4.69, 9.17) is 15.2 Å². The maximum atomic E-state index is 11.7. The van der Waals surface area contributed by atoms with Crippen molar-refractivity contribution >= 4 is 5.91 Å². The topological polar surface area (TPSA) is 86.5 Å². The highest BCUT2D eigenvalue weighted by Gasteiger charge is 2.05. The molecule has 1 rings (SSSR count). The largest absolute Gasteiger partial charge is 0.382 e. The van der Waals surface area contributed by atoms with E-state index in [9.17, 15) is 4.79 Å². The molecule has 1 amide bonds. The molecule has 0 radical (unpaired) electrons. The third-order valence-electron chi connectivity index (χ3n) is 2.48. The van der Waals surface area contributed by atoms with E-state index in [-0.39, 0.29) is 5.91 Å². The summed E-state index contributed by atoms with van der Waals surface area (Å²) in [5, 5.41) is 2.78. The predicted molar refractivity (Wildman–Crippen MR) is 71.8 cm³/mol. The number of pyridine rings is 1. The number of amides is 1. The number of nitrogens with zero attached hydrogens (tertiary/aromatic N) is 1. The summed E-state index contributed by atoms with van der Waals surface area (Å²) in [6.07, 6.45) is 2.37. The molecule has 106 valence electrons. The second-order valence-corrected chi connectivity index (χ2v) is 3.97. The summed E-state index contributed by atoms with van der Waals surface area (Å²) in [6, 6.07) is 3.47. The van der Waals surface area contributed by atoms with Gasteiger partial charge in [-0.05, 0) is 18.1 Å². The lowest BCUT2D eigenvalue weighted by molar-refractivity contribution is 0.0688. The van der Waals surface area contributed by atoms with Gasteiger partial charge in [0.25, 0.3) is 5.91 Å². The number of aromatic nitrogens is 1. The van der Waals surface area contributed by atoms with Gasteiger partial charge < -0.3 is 20.5 Å². The van der Waals surface area contributed by atoms with Crippen LogP contribution in [0.1, 0.15) is 22.5 Å². The van der Waals surface area contributed by atoms with Gasteiger partial charge in [-0.3, -0.25) is 9.78 Å². The Kier molecular flexibility index (Phi) is 7.72. The van der Waals surface area contributed by atoms with E-state index >= 15 is 0 Å². The first-order valence-corrected chi connectivity index (χ1v) is 6.27. The molecule has 1 aromatic heterocycles. The minimum Gasteiger partial charge on any atom is -0.382 e. The van der Waals surface area contributed by atoms with E-state index in [0.717, 1.165) is 12.0 Å². The molecule has 0 unspecified atom stereocenters. The van der Waals surface area contributed by atoms with E-state index in [0.29, 0.717) is 38.6 Å². The predicted octanol–water partition coefficient (Wildman–Crippen LogP) is 0.323. The Morgan fingerprint density at radius 3 is 2.84 bits per heavy atom. The molecular formula is C13H21N3O3. The van der Waals surface area contributed by atoms with Crippen LogP contribution in [0.25, 0.3) is 0 Å². The fourth-order valence-electron chi connectivity index (χ4n) is 1.39. The van der Waals surface area contributed by atoms with E-state index in [1.165, 1.54) is 0 Å². The average molecular weight is 267 g/mol. The van der Waals surface area contributed by atoms with Crippen LogP contribution in [0.4, 0.5) is 0 Å². The van der Waals surface area contributed by atoms with Crippen molar-refractivity contribution in [3.05, 3.63) is 29.6 Å². The summed E-state index contributed by atoms with van der Waals surface area (Å²) in [5.41, 5.74) is 6.77. The Morgan fingerprint density at radius 1 is 1.37 bits per heavy atom. The Balaban J connectivity index is 2.16. The van der Waals surface area contributed by atoms with Gasteiger partial charge in [0.15, 0.2) is 0 Å². The van der Waals surface area contributed by atoms with Crippen LogP contribution < -0.4 is 11.1 Å². The fourth-order valence-corrected chi connectivity index (χ4v) is 1.39. The molecule has 6 nitrogen and oxygen atoms in total. The van der Waals surface area contributed by atoms with Gasteiger partial charge in [-0.2, -0.15) is 0 Å². The molecule has 1 aromatic rings. The van der Waals surface area contributed by atoms with Crippen LogP contribution in [0, 0.1) is 0 Å². The highest BCUT2D eigenvalue weighted by molar-refractivity contribution is 5.92. The number of methoxy groups -OCH3 is 1. The van der Waals surface area contributed by atoms with Gasteiger partial charge in [0.1, 0.15) is 5.69 Å². The number of hydrogen-bond donors (Lipinski definition) is 2. The summed E-state index contributed by atoms with van der Waals surface area (Å²) < 4.78 is 10.1. The molecule has 1 heterocycles. The van der Waals surface area contributed by atoms with Crippen molar-refractivity contribution in [3.8, 4) is 0 Å². The third kappa shape index (κ3) is 6.28. The van der Waals surface area contributed by atoms with E-state index in [2.05, 4.69) is 10.3 Å². The highest BCUT2D eigenvalue weighted by Crippen LogP contribution is 1.99. The number of carbonyl (C=O) groups excluding carboxylic acids is 1. The van der Waals surface area contributed by atoms with Crippen LogP contribution in [0.3, 0.4) is 0 Å². The third-order valence-corrected chi connectivity index (χ3v) is 2.48. The van der Waals surface area contributed by atoms with Gasteiger partial charge in [-0.1, -0.05) is 6.07 Å². The molecular weight excluding hydrogens is 246 g/mol. The smallest absolute Gasteiger partial charge is 0.269 e. The van der Waals surface area contributed by atoms with Gasteiger partial charge in [0.2, 0.25) is 0 Å². The van der Waals surface area contributed by atoms with Crippen molar-refractivity contribution < 1.29 is 14.3 Å². The van der Waals surface area contributed by atoms with Crippen LogP contribution in [-0.2, 0) is 16.0 Å². The van der Waals surface area contributed by atoms with Gasteiger partial charge in [-0.25, -0.2) is 0 Å². The molecule has 3 N–H and O–H groups in total. The van der Waals surface area contributed by atoms with Crippen molar-refractivity contribution in [1.29, 1.82) is 0 Å². The monoisotopic (exact) mass is 267 g/mol. The first-order chi connectivity index (χ1) is 9.27. The van der Waals surface area contributed by atoms with Crippen molar-refractivity contribution in [3.63, 3.8) is 0 Å². The molecule has 0 saturated carbocycles. The number of carbonyl (C=O) groups is 1. The van der Waals surface area contributed by atoms with E-state index < -0.39 is 0 Å². The molecule has 0 fully saturated rings. The quantitative estimate of drug-likeness (QED) is 0.629. The fraction of sp³-hybridized carbons (Fsp3) is 0.538. The molecule has 0 aliphatic carbocycles. The lowest BCUT2D eigenvalue weighted by Crippen LogP contribution is -2.26. The summed E-state index contributed by atoms with van der Waals surface area (Å²) in [6.45, 7) is 2.75. The Bertz CT molecular complexity index is 368. The number of nitrogens with one attached hydrogen (secondary N) is 1. The number of nitrogens with two attached hydrogens (primary N) is 1. The second kappa shape index (κ2) is 9.43. The second-order valence-electron chi connectivity index (χ2n) is 3.97. The molecule has 0 aromatic carbocycles. The Morgan fingerprint density at radius 2 is 2.21 bits per heavy atom. The van der Waals surface area contributed by atoms with Crippen molar-refractivity contribution in [2.75, 3.05) is 33.5 Å². The number of ether oxygens (including phenoxy) is 2. The molecule has 0 bridgehead atoms. The Hall–Kier alpha value is -1.50.